The number of phenols is 1. The van der Waals surface area contributed by atoms with Gasteiger partial charge in [-0.15, -0.1) is 0 Å². The molecule has 2 N–H and O–H groups in total. The van der Waals surface area contributed by atoms with Gasteiger partial charge in [-0.1, -0.05) is 78.9 Å². The number of carbonyl (C=O) groups is 1. The third-order valence-corrected chi connectivity index (χ3v) is 6.23. The van der Waals surface area contributed by atoms with Crippen molar-refractivity contribution in [3.05, 3.63) is 102 Å². The first-order valence-corrected chi connectivity index (χ1v) is 11.6. The maximum absolute atomic E-state index is 10.6. The zero-order chi connectivity index (χ0) is 25.7. The number of carboxylic acid groups (broad SMARTS) is 1. The molecule has 0 radical (unpaired) electrons. The zero-order valence-electron chi connectivity index (χ0n) is 19.4. The summed E-state index contributed by atoms with van der Waals surface area (Å²) in [5.74, 6) is -2.43. The monoisotopic (exact) mass is 490 g/mol. The molecule has 3 nitrogen and oxygen atoms in total. The highest BCUT2D eigenvalue weighted by atomic mass is 19.4. The Morgan fingerprint density at radius 2 is 1.25 bits per heavy atom. The summed E-state index contributed by atoms with van der Waals surface area (Å²) in [7, 11) is 0. The fourth-order valence-electron chi connectivity index (χ4n) is 4.52. The van der Waals surface area contributed by atoms with Gasteiger partial charge in [0.1, 0.15) is 5.75 Å². The maximum Gasteiger partial charge on any atom is 0.490 e. The molecule has 0 saturated heterocycles. The number of phenolic OH excluding ortho intramolecular Hbond substituents is 1. The number of hydrogen-bond acceptors (Lipinski definition) is 2. The Bertz CT molecular complexity index is 1520. The summed E-state index contributed by atoms with van der Waals surface area (Å²) in [4.78, 5) is 8.90. The van der Waals surface area contributed by atoms with Crippen LogP contribution in [0.5, 0.6) is 5.75 Å². The van der Waals surface area contributed by atoms with Crippen LogP contribution in [-0.4, -0.2) is 22.4 Å². The van der Waals surface area contributed by atoms with Gasteiger partial charge in [0, 0.05) is 0 Å². The average molecular weight is 491 g/mol. The maximum atomic E-state index is 10.6. The van der Waals surface area contributed by atoms with E-state index >= 15 is 0 Å². The van der Waals surface area contributed by atoms with Crippen LogP contribution >= 0.6 is 0 Å². The minimum atomic E-state index is -5.08. The molecule has 0 aliphatic heterocycles. The van der Waals surface area contributed by atoms with Crippen LogP contribution in [0.2, 0.25) is 0 Å². The van der Waals surface area contributed by atoms with Crippen molar-refractivity contribution in [2.75, 3.05) is 0 Å². The molecule has 36 heavy (non-hydrogen) atoms. The number of aryl methyl sites for hydroxylation is 2. The lowest BCUT2D eigenvalue weighted by Crippen LogP contribution is -2.21. The molecule has 1 aliphatic carbocycles. The molecule has 1 aliphatic rings. The van der Waals surface area contributed by atoms with E-state index in [0.29, 0.717) is 5.75 Å². The number of halogens is 3. The number of rotatable bonds is 0. The number of aromatic hydroxyl groups is 1. The Hall–Kier alpha value is -4.06. The van der Waals surface area contributed by atoms with Crippen molar-refractivity contribution in [2.24, 2.45) is 0 Å². The molecule has 184 valence electrons. The third kappa shape index (κ3) is 5.77. The van der Waals surface area contributed by atoms with Gasteiger partial charge in [-0.2, -0.15) is 13.2 Å². The molecule has 0 spiro atoms. The van der Waals surface area contributed by atoms with E-state index in [1.165, 1.54) is 47.2 Å². The Balaban J connectivity index is 0.000000145. The van der Waals surface area contributed by atoms with E-state index in [9.17, 15) is 13.2 Å². The van der Waals surface area contributed by atoms with Gasteiger partial charge < -0.3 is 10.2 Å². The summed E-state index contributed by atoms with van der Waals surface area (Å²) in [6.07, 6.45) is 0.133. The van der Waals surface area contributed by atoms with Crippen molar-refractivity contribution < 1.29 is 28.2 Å². The van der Waals surface area contributed by atoms with Crippen LogP contribution in [0.15, 0.2) is 91.0 Å². The molecule has 0 aromatic heterocycles. The van der Waals surface area contributed by atoms with Crippen molar-refractivity contribution >= 4 is 38.3 Å². The Morgan fingerprint density at radius 3 is 1.97 bits per heavy atom. The first kappa shape index (κ1) is 25.0. The van der Waals surface area contributed by atoms with Crippen molar-refractivity contribution in [3.8, 4) is 5.75 Å². The fraction of sp³-hybridized carbons (Fsp3) is 0.167. The zero-order valence-corrected chi connectivity index (χ0v) is 19.4. The normalized spacial score (nSPS) is 12.8. The van der Waals surface area contributed by atoms with Crippen LogP contribution in [0.3, 0.4) is 0 Å². The van der Waals surface area contributed by atoms with E-state index in [1.807, 2.05) is 30.3 Å². The number of fused-ring (bicyclic) bond motifs is 6. The van der Waals surface area contributed by atoms with Gasteiger partial charge >= 0.3 is 12.1 Å². The molecule has 0 amide bonds. The minimum absolute atomic E-state index is 0.323. The lowest BCUT2D eigenvalue weighted by Gasteiger charge is -2.18. The van der Waals surface area contributed by atoms with E-state index < -0.39 is 12.1 Å². The SMILES string of the molecule is O=C(O)C(F)(F)F.Oc1ccc2ccccc2c1.c1ccc2c(c1)ccc1c3c(ccc12)CCCC3. The van der Waals surface area contributed by atoms with Crippen molar-refractivity contribution in [1.82, 2.24) is 0 Å². The summed E-state index contributed by atoms with van der Waals surface area (Å²) in [6.45, 7) is 0. The standard InChI is InChI=1S/C18H16.C10H8O.C2HF3O2/c1-3-7-15-13(5-1)9-11-18-16-8-4-2-6-14(16)10-12-17(15)18;11-10-6-5-8-3-1-2-4-9(8)7-10;3-2(4,5)1(6)7/h1,3,5,7,9-12H,2,4,6,8H2;1-7,11H;(H,6,7). The number of alkyl halides is 3. The molecule has 0 atom stereocenters. The molecule has 0 heterocycles. The van der Waals surface area contributed by atoms with Gasteiger partial charge in [-0.3, -0.25) is 0 Å². The van der Waals surface area contributed by atoms with E-state index in [1.54, 1.807) is 23.3 Å². The van der Waals surface area contributed by atoms with Gasteiger partial charge in [0.25, 0.3) is 0 Å². The molecular formula is C30H25F3O3. The average Bonchev–Trinajstić information content (AvgIpc) is 2.88. The Morgan fingerprint density at radius 1 is 0.667 bits per heavy atom. The second kappa shape index (κ2) is 10.7. The van der Waals surface area contributed by atoms with Crippen LogP contribution in [0.1, 0.15) is 24.0 Å². The second-order valence-corrected chi connectivity index (χ2v) is 8.63. The molecule has 0 fully saturated rings. The molecule has 0 saturated carbocycles. The highest BCUT2D eigenvalue weighted by Gasteiger charge is 2.38. The third-order valence-electron chi connectivity index (χ3n) is 6.23. The summed E-state index contributed by atoms with van der Waals surface area (Å²) in [5, 5.41) is 24.1. The predicted octanol–water partition coefficient (Wildman–Crippen LogP) is 8.05. The lowest BCUT2D eigenvalue weighted by atomic mass is 9.86. The van der Waals surface area contributed by atoms with Gasteiger partial charge in [0.05, 0.1) is 0 Å². The van der Waals surface area contributed by atoms with Gasteiger partial charge in [-0.05, 0) is 81.3 Å². The smallest absolute Gasteiger partial charge is 0.490 e. The quantitative estimate of drug-likeness (QED) is 0.216. The van der Waals surface area contributed by atoms with Gasteiger partial charge in [0.2, 0.25) is 0 Å². The molecule has 0 unspecified atom stereocenters. The molecule has 0 bridgehead atoms. The molecular weight excluding hydrogens is 465 g/mol. The van der Waals surface area contributed by atoms with Crippen LogP contribution < -0.4 is 0 Å². The van der Waals surface area contributed by atoms with Crippen LogP contribution in [0.25, 0.3) is 32.3 Å². The number of benzene rings is 5. The lowest BCUT2D eigenvalue weighted by molar-refractivity contribution is -0.192. The molecule has 5 aromatic carbocycles. The minimum Gasteiger partial charge on any atom is -0.508 e. The highest BCUT2D eigenvalue weighted by molar-refractivity contribution is 6.08. The summed E-state index contributed by atoms with van der Waals surface area (Å²) in [5.41, 5.74) is 3.17. The van der Waals surface area contributed by atoms with Crippen molar-refractivity contribution in [1.29, 1.82) is 0 Å². The summed E-state index contributed by atoms with van der Waals surface area (Å²) in [6, 6.07) is 31.3. The van der Waals surface area contributed by atoms with Crippen LogP contribution in [-0.2, 0) is 17.6 Å². The second-order valence-electron chi connectivity index (χ2n) is 8.63. The molecule has 5 aromatic rings. The number of aliphatic carboxylic acids is 1. The van der Waals surface area contributed by atoms with Gasteiger partial charge in [0.15, 0.2) is 0 Å². The predicted molar refractivity (Wildman–Crippen MR) is 137 cm³/mol. The first-order chi connectivity index (χ1) is 17.2. The van der Waals surface area contributed by atoms with Gasteiger partial charge in [-0.25, -0.2) is 4.79 Å². The van der Waals surface area contributed by atoms with E-state index in [-0.39, 0.29) is 0 Å². The van der Waals surface area contributed by atoms with E-state index in [4.69, 9.17) is 15.0 Å². The first-order valence-electron chi connectivity index (χ1n) is 11.6. The molecule has 6 heteroatoms. The summed E-state index contributed by atoms with van der Waals surface area (Å²) >= 11 is 0. The number of hydrogen-bond donors (Lipinski definition) is 2. The molecule has 6 rings (SSSR count). The fourth-order valence-corrected chi connectivity index (χ4v) is 4.52. The van der Waals surface area contributed by atoms with Crippen LogP contribution in [0, 0.1) is 0 Å². The van der Waals surface area contributed by atoms with E-state index in [2.05, 4.69) is 48.5 Å². The summed E-state index contributed by atoms with van der Waals surface area (Å²) < 4.78 is 31.7. The topological polar surface area (TPSA) is 57.5 Å². The van der Waals surface area contributed by atoms with Crippen molar-refractivity contribution in [2.45, 2.75) is 31.9 Å². The van der Waals surface area contributed by atoms with Crippen LogP contribution in [0.4, 0.5) is 13.2 Å². The largest absolute Gasteiger partial charge is 0.508 e. The number of carboxylic acids is 1. The van der Waals surface area contributed by atoms with E-state index in [0.717, 1.165) is 10.8 Å². The Kier molecular flexibility index (Phi) is 7.44. The van der Waals surface area contributed by atoms with Crippen molar-refractivity contribution in [3.63, 3.8) is 0 Å². The Labute approximate surface area is 206 Å². The highest BCUT2D eigenvalue weighted by Crippen LogP contribution is 2.33.